The van der Waals surface area contributed by atoms with Crippen LogP contribution >= 0.6 is 0 Å². The van der Waals surface area contributed by atoms with Crippen LogP contribution in [0, 0.1) is 0 Å². The number of hydrogen-bond acceptors (Lipinski definition) is 5. The number of para-hydroxylation sites is 2. The maximum absolute atomic E-state index is 6.84. The van der Waals surface area contributed by atoms with Crippen molar-refractivity contribution in [2.75, 3.05) is 0 Å². The van der Waals surface area contributed by atoms with Crippen molar-refractivity contribution in [2.24, 2.45) is 0 Å². The van der Waals surface area contributed by atoms with E-state index in [1.807, 2.05) is 60.7 Å². The first-order chi connectivity index (χ1) is 27.7. The Bertz CT molecular complexity index is 3550. The monoisotopic (exact) mass is 715 g/mol. The van der Waals surface area contributed by atoms with Crippen molar-refractivity contribution in [1.82, 2.24) is 15.0 Å². The van der Waals surface area contributed by atoms with Gasteiger partial charge in [-0.2, -0.15) is 0 Å². The van der Waals surface area contributed by atoms with Crippen LogP contribution < -0.4 is 0 Å². The van der Waals surface area contributed by atoms with Crippen molar-refractivity contribution in [3.63, 3.8) is 0 Å². The molecular weight excluding hydrogens is 687 g/mol. The first kappa shape index (κ1) is 30.8. The van der Waals surface area contributed by atoms with Gasteiger partial charge in [0.1, 0.15) is 22.3 Å². The normalized spacial score (nSPS) is 11.9. The van der Waals surface area contributed by atoms with Crippen molar-refractivity contribution < 1.29 is 8.83 Å². The lowest BCUT2D eigenvalue weighted by molar-refractivity contribution is 0.665. The Morgan fingerprint density at radius 2 is 0.839 bits per heavy atom. The Hall–Kier alpha value is -7.63. The van der Waals surface area contributed by atoms with E-state index < -0.39 is 0 Å². The number of aromatic nitrogens is 3. The molecular formula is C51H29N3O2. The average molecular weight is 716 g/mol. The molecule has 5 heteroatoms. The fraction of sp³-hybridized carbons (Fsp3) is 0. The second-order valence-electron chi connectivity index (χ2n) is 14.3. The van der Waals surface area contributed by atoms with Gasteiger partial charge in [0.15, 0.2) is 17.5 Å². The van der Waals surface area contributed by atoms with E-state index in [-0.39, 0.29) is 0 Å². The molecule has 0 atom stereocenters. The zero-order valence-corrected chi connectivity index (χ0v) is 29.9. The van der Waals surface area contributed by atoms with Crippen molar-refractivity contribution in [3.05, 3.63) is 176 Å². The molecule has 3 heterocycles. The molecule has 0 amide bonds. The molecule has 0 spiro atoms. The van der Waals surface area contributed by atoms with Crippen LogP contribution in [0.15, 0.2) is 185 Å². The maximum Gasteiger partial charge on any atom is 0.164 e. The van der Waals surface area contributed by atoms with Gasteiger partial charge in [0.25, 0.3) is 0 Å². The largest absolute Gasteiger partial charge is 0.455 e. The Labute approximate surface area is 320 Å². The van der Waals surface area contributed by atoms with Crippen LogP contribution in [0.2, 0.25) is 0 Å². The van der Waals surface area contributed by atoms with Crippen LogP contribution in [0.25, 0.3) is 121 Å². The lowest BCUT2D eigenvalue weighted by Crippen LogP contribution is -2.00. The minimum atomic E-state index is 0.572. The summed E-state index contributed by atoms with van der Waals surface area (Å²) < 4.78 is 13.5. The van der Waals surface area contributed by atoms with Crippen molar-refractivity contribution in [2.45, 2.75) is 0 Å². The molecule has 0 aliphatic heterocycles. The van der Waals surface area contributed by atoms with Crippen LogP contribution in [-0.2, 0) is 0 Å². The van der Waals surface area contributed by atoms with Gasteiger partial charge in [-0.05, 0) is 68.7 Å². The Balaban J connectivity index is 1.13. The zero-order chi connectivity index (χ0) is 36.7. The van der Waals surface area contributed by atoms with E-state index in [4.69, 9.17) is 23.8 Å². The van der Waals surface area contributed by atoms with Crippen LogP contribution in [0.1, 0.15) is 0 Å². The highest BCUT2D eigenvalue weighted by atomic mass is 16.3. The van der Waals surface area contributed by atoms with Gasteiger partial charge >= 0.3 is 0 Å². The second-order valence-corrected chi connectivity index (χ2v) is 14.3. The fourth-order valence-corrected chi connectivity index (χ4v) is 8.49. The third-order valence-electron chi connectivity index (χ3n) is 11.1. The summed E-state index contributed by atoms with van der Waals surface area (Å²) >= 11 is 0. The highest BCUT2D eigenvalue weighted by Gasteiger charge is 2.24. The third-order valence-corrected chi connectivity index (χ3v) is 11.1. The molecule has 12 rings (SSSR count). The lowest BCUT2D eigenvalue weighted by atomic mass is 9.93. The molecule has 3 aromatic heterocycles. The van der Waals surface area contributed by atoms with E-state index in [1.54, 1.807) is 0 Å². The maximum atomic E-state index is 6.84. The number of nitrogens with zero attached hydrogens (tertiary/aromatic N) is 3. The smallest absolute Gasteiger partial charge is 0.164 e. The van der Waals surface area contributed by atoms with Crippen LogP contribution in [0.3, 0.4) is 0 Å². The molecule has 260 valence electrons. The highest BCUT2D eigenvalue weighted by Crippen LogP contribution is 2.46. The molecule has 12 aromatic rings. The molecule has 56 heavy (non-hydrogen) atoms. The van der Waals surface area contributed by atoms with E-state index in [9.17, 15) is 0 Å². The number of benzene rings is 9. The van der Waals surface area contributed by atoms with E-state index in [0.717, 1.165) is 87.9 Å². The standard InChI is InChI=1S/C51H29N3O2/c1-2-13-31(14-3-1)49-52-50(34-24-25-36-33(28-34)23-22-30-12-4-6-16-35(30)36)54-51(53-49)41-27-26-38(47-46(41)40-19-9-11-21-44(40)55-47)42-29-32-15-5-7-17-37(32)45-39-18-8-10-20-43(39)56-48(42)45/h1-29H. The Morgan fingerprint density at radius 1 is 0.304 bits per heavy atom. The van der Waals surface area contributed by atoms with Crippen LogP contribution in [-0.4, -0.2) is 15.0 Å². The topological polar surface area (TPSA) is 65.0 Å². The van der Waals surface area contributed by atoms with Gasteiger partial charge in [-0.3, -0.25) is 0 Å². The number of rotatable bonds is 4. The summed E-state index contributed by atoms with van der Waals surface area (Å²) in [6.45, 7) is 0. The molecule has 0 aliphatic rings. The zero-order valence-electron chi connectivity index (χ0n) is 29.9. The Morgan fingerprint density at radius 3 is 1.62 bits per heavy atom. The molecule has 0 bridgehead atoms. The first-order valence-electron chi connectivity index (χ1n) is 18.8. The molecule has 9 aromatic carbocycles. The lowest BCUT2D eigenvalue weighted by Gasteiger charge is -2.12. The molecule has 0 unspecified atom stereocenters. The molecule has 0 fully saturated rings. The minimum Gasteiger partial charge on any atom is -0.455 e. The predicted octanol–water partition coefficient (Wildman–Crippen LogP) is 13.8. The summed E-state index contributed by atoms with van der Waals surface area (Å²) in [4.78, 5) is 15.5. The highest BCUT2D eigenvalue weighted by molar-refractivity contribution is 6.25. The van der Waals surface area contributed by atoms with Gasteiger partial charge in [0.2, 0.25) is 0 Å². The van der Waals surface area contributed by atoms with E-state index in [0.29, 0.717) is 17.5 Å². The molecule has 0 aliphatic carbocycles. The van der Waals surface area contributed by atoms with Gasteiger partial charge in [0.05, 0.1) is 0 Å². The van der Waals surface area contributed by atoms with Gasteiger partial charge in [0, 0.05) is 49.4 Å². The SMILES string of the molecule is c1ccc(-c2nc(-c3ccc4c(ccc5ccccc54)c3)nc(-c3ccc(-c4cc5ccccc5c5c4oc4ccccc45)c4oc5ccccc5c34)n2)cc1. The fourth-order valence-electron chi connectivity index (χ4n) is 8.49. The van der Waals surface area contributed by atoms with E-state index >= 15 is 0 Å². The quantitative estimate of drug-likeness (QED) is 0.170. The summed E-state index contributed by atoms with van der Waals surface area (Å²) in [6, 6.07) is 60.9. The molecule has 0 N–H and O–H groups in total. The summed E-state index contributed by atoms with van der Waals surface area (Å²) in [5.74, 6) is 1.78. The van der Waals surface area contributed by atoms with E-state index in [2.05, 4.69) is 115 Å². The molecule has 0 saturated carbocycles. The average Bonchev–Trinajstić information content (AvgIpc) is 3.86. The molecule has 0 radical (unpaired) electrons. The van der Waals surface area contributed by atoms with E-state index in [1.165, 1.54) is 16.2 Å². The number of fused-ring (bicyclic) bond motifs is 11. The summed E-state index contributed by atoms with van der Waals surface area (Å²) in [5, 5.41) is 11.2. The van der Waals surface area contributed by atoms with Gasteiger partial charge in [-0.25, -0.2) is 15.0 Å². The van der Waals surface area contributed by atoms with Gasteiger partial charge in [-0.1, -0.05) is 140 Å². The first-order valence-corrected chi connectivity index (χ1v) is 18.8. The van der Waals surface area contributed by atoms with Crippen molar-refractivity contribution >= 4 is 76.2 Å². The van der Waals surface area contributed by atoms with Crippen LogP contribution in [0.4, 0.5) is 0 Å². The summed E-state index contributed by atoms with van der Waals surface area (Å²) in [5.41, 5.74) is 7.83. The minimum absolute atomic E-state index is 0.572. The predicted molar refractivity (Wildman–Crippen MR) is 229 cm³/mol. The summed E-state index contributed by atoms with van der Waals surface area (Å²) in [6.07, 6.45) is 0. The van der Waals surface area contributed by atoms with Gasteiger partial charge in [-0.15, -0.1) is 0 Å². The number of furan rings is 2. The summed E-state index contributed by atoms with van der Waals surface area (Å²) in [7, 11) is 0. The van der Waals surface area contributed by atoms with Gasteiger partial charge < -0.3 is 8.83 Å². The van der Waals surface area contributed by atoms with Crippen molar-refractivity contribution in [1.29, 1.82) is 0 Å². The van der Waals surface area contributed by atoms with Crippen LogP contribution in [0.5, 0.6) is 0 Å². The Kier molecular flexibility index (Phi) is 6.56. The molecule has 0 saturated heterocycles. The number of hydrogen-bond donors (Lipinski definition) is 0. The molecule has 5 nitrogen and oxygen atoms in total. The third kappa shape index (κ3) is 4.64. The van der Waals surface area contributed by atoms with Crippen molar-refractivity contribution in [3.8, 4) is 45.3 Å². The second kappa shape index (κ2) is 11.9.